The molecule has 2 atom stereocenters. The van der Waals surface area contributed by atoms with Gasteiger partial charge in [0.1, 0.15) is 6.17 Å². The van der Waals surface area contributed by atoms with Gasteiger partial charge in [0.2, 0.25) is 0 Å². The van der Waals surface area contributed by atoms with Crippen molar-refractivity contribution in [1.82, 2.24) is 14.5 Å². The van der Waals surface area contributed by atoms with Crippen molar-refractivity contribution < 1.29 is 4.79 Å². The number of nitrogens with zero attached hydrogens (tertiary/aromatic N) is 3. The highest BCUT2D eigenvalue weighted by atomic mass is 35.5. The molecule has 2 unspecified atom stereocenters. The lowest BCUT2D eigenvalue weighted by atomic mass is 10.2. The first-order chi connectivity index (χ1) is 10.5. The second-order valence-corrected chi connectivity index (χ2v) is 6.91. The fourth-order valence-corrected chi connectivity index (χ4v) is 3.86. The number of aldehydes is 1. The summed E-state index contributed by atoms with van der Waals surface area (Å²) in [5.41, 5.74) is 0.697. The summed E-state index contributed by atoms with van der Waals surface area (Å²) in [5, 5.41) is 2.30. The van der Waals surface area contributed by atoms with Gasteiger partial charge in [0.25, 0.3) is 0 Å². The number of carbonyl (C=O) groups is 1. The average molecular weight is 341 g/mol. The van der Waals surface area contributed by atoms with E-state index in [-0.39, 0.29) is 10.9 Å². The Morgan fingerprint density at radius 2 is 2.23 bits per heavy atom. The van der Waals surface area contributed by atoms with E-state index >= 15 is 0 Å². The van der Waals surface area contributed by atoms with Crippen molar-refractivity contribution in [3.05, 3.63) is 32.9 Å². The number of piperazine rings is 1. The first-order valence-electron chi connectivity index (χ1n) is 7.02. The zero-order valence-electron chi connectivity index (χ0n) is 12.1. The Morgan fingerprint density at radius 3 is 2.91 bits per heavy atom. The summed E-state index contributed by atoms with van der Waals surface area (Å²) >= 11 is 7.16. The highest BCUT2D eigenvalue weighted by molar-refractivity contribution is 7.16. The van der Waals surface area contributed by atoms with Crippen molar-refractivity contribution in [2.24, 2.45) is 5.84 Å². The van der Waals surface area contributed by atoms with E-state index in [0.717, 1.165) is 22.3 Å². The topological polar surface area (TPSA) is 71.6 Å². The number of hydrogen-bond donors (Lipinski definition) is 1. The van der Waals surface area contributed by atoms with E-state index in [4.69, 9.17) is 17.4 Å². The maximum atomic E-state index is 12.4. The van der Waals surface area contributed by atoms with Crippen LogP contribution in [0.25, 0.3) is 10.2 Å². The Balaban J connectivity index is 2.04. The van der Waals surface area contributed by atoms with E-state index < -0.39 is 6.17 Å². The maximum Gasteiger partial charge on any atom is 0.309 e. The van der Waals surface area contributed by atoms with E-state index in [9.17, 15) is 9.59 Å². The number of nitrogens with two attached hydrogens (primary N) is 1. The minimum atomic E-state index is -0.629. The number of carbonyl (C=O) groups excluding carboxylic acids is 1. The number of thiazole rings is 1. The van der Waals surface area contributed by atoms with Gasteiger partial charge in [0.15, 0.2) is 6.29 Å². The van der Waals surface area contributed by atoms with Gasteiger partial charge in [-0.3, -0.25) is 24.9 Å². The van der Waals surface area contributed by atoms with Crippen molar-refractivity contribution in [3.63, 3.8) is 0 Å². The summed E-state index contributed by atoms with van der Waals surface area (Å²) in [6, 6.07) is 5.41. The van der Waals surface area contributed by atoms with Gasteiger partial charge in [-0.2, -0.15) is 0 Å². The second kappa shape index (κ2) is 6.10. The molecule has 22 heavy (non-hydrogen) atoms. The lowest BCUT2D eigenvalue weighted by Crippen LogP contribution is -2.56. The van der Waals surface area contributed by atoms with E-state index in [1.54, 1.807) is 17.1 Å². The largest absolute Gasteiger partial charge is 0.309 e. The molecule has 1 saturated heterocycles. The number of halogens is 1. The van der Waals surface area contributed by atoms with Crippen LogP contribution < -0.4 is 10.7 Å². The van der Waals surface area contributed by atoms with Crippen LogP contribution in [0.4, 0.5) is 0 Å². The Morgan fingerprint density at radius 1 is 1.45 bits per heavy atom. The highest BCUT2D eigenvalue weighted by Crippen LogP contribution is 2.25. The minimum absolute atomic E-state index is 0.125. The van der Waals surface area contributed by atoms with Gasteiger partial charge in [-0.05, 0) is 25.1 Å². The summed E-state index contributed by atoms with van der Waals surface area (Å²) in [6.45, 7) is 3.92. The molecule has 2 aromatic rings. The number of benzene rings is 1. The molecule has 8 heteroatoms. The third kappa shape index (κ3) is 2.70. The van der Waals surface area contributed by atoms with Crippen molar-refractivity contribution >= 4 is 39.4 Å². The zero-order valence-corrected chi connectivity index (χ0v) is 13.7. The lowest BCUT2D eigenvalue weighted by molar-refractivity contribution is -0.116. The quantitative estimate of drug-likeness (QED) is 0.673. The molecule has 1 aliphatic heterocycles. The first-order valence-corrected chi connectivity index (χ1v) is 8.22. The Kier molecular flexibility index (Phi) is 4.33. The molecule has 0 radical (unpaired) electrons. The molecule has 118 valence electrons. The predicted molar refractivity (Wildman–Crippen MR) is 88.1 cm³/mol. The summed E-state index contributed by atoms with van der Waals surface area (Å²) in [5.74, 6) is 5.88. The van der Waals surface area contributed by atoms with Crippen LogP contribution in [0.15, 0.2) is 23.0 Å². The van der Waals surface area contributed by atoms with Gasteiger partial charge < -0.3 is 0 Å². The summed E-state index contributed by atoms with van der Waals surface area (Å²) in [4.78, 5) is 25.9. The van der Waals surface area contributed by atoms with Crippen LogP contribution in [0.1, 0.15) is 13.1 Å². The number of fused-ring (bicyclic) bond motifs is 1. The molecule has 1 fully saturated rings. The van der Waals surface area contributed by atoms with Crippen LogP contribution in [0, 0.1) is 0 Å². The Bertz CT molecular complexity index is 759. The third-order valence-electron chi connectivity index (χ3n) is 4.05. The third-order valence-corrected chi connectivity index (χ3v) is 5.22. The van der Waals surface area contributed by atoms with Gasteiger partial charge >= 0.3 is 4.87 Å². The smallest absolute Gasteiger partial charge is 0.299 e. The normalized spacial score (nSPS) is 22.0. The molecule has 6 nitrogen and oxygen atoms in total. The molecular weight excluding hydrogens is 324 g/mol. The fraction of sp³-hybridized carbons (Fsp3) is 0.429. The number of aromatic nitrogens is 1. The van der Waals surface area contributed by atoms with Crippen LogP contribution in [0.5, 0.6) is 0 Å². The molecule has 3 rings (SSSR count). The van der Waals surface area contributed by atoms with Gasteiger partial charge in [-0.15, -0.1) is 0 Å². The van der Waals surface area contributed by atoms with Crippen molar-refractivity contribution in [2.45, 2.75) is 19.1 Å². The van der Waals surface area contributed by atoms with E-state index in [1.807, 2.05) is 17.9 Å². The van der Waals surface area contributed by atoms with Crippen molar-refractivity contribution in [2.75, 3.05) is 19.6 Å². The lowest BCUT2D eigenvalue weighted by Gasteiger charge is -2.39. The first kappa shape index (κ1) is 15.6. The predicted octanol–water partition coefficient (Wildman–Crippen LogP) is 1.29. The molecule has 1 aromatic carbocycles. The second-order valence-electron chi connectivity index (χ2n) is 5.48. The maximum absolute atomic E-state index is 12.4. The SMILES string of the molecule is CC1CN(C(C=O)n2c(=O)sc3ccc(Cl)cc32)CCN1N. The number of hydrazine groups is 1. The van der Waals surface area contributed by atoms with Crippen molar-refractivity contribution in [1.29, 1.82) is 0 Å². The van der Waals surface area contributed by atoms with Crippen LogP contribution in [-0.2, 0) is 4.79 Å². The van der Waals surface area contributed by atoms with Gasteiger partial charge in [0, 0.05) is 30.7 Å². The van der Waals surface area contributed by atoms with Crippen molar-refractivity contribution in [3.8, 4) is 0 Å². The molecule has 0 aliphatic carbocycles. The van der Waals surface area contributed by atoms with Gasteiger partial charge in [-0.1, -0.05) is 22.9 Å². The molecule has 0 spiro atoms. The summed E-state index contributed by atoms with van der Waals surface area (Å²) < 4.78 is 2.35. The average Bonchev–Trinajstić information content (AvgIpc) is 2.80. The number of hydrogen-bond acceptors (Lipinski definition) is 6. The summed E-state index contributed by atoms with van der Waals surface area (Å²) in [7, 11) is 0. The van der Waals surface area contributed by atoms with Gasteiger partial charge in [0.05, 0.1) is 10.2 Å². The molecule has 2 N–H and O–H groups in total. The van der Waals surface area contributed by atoms with Gasteiger partial charge in [-0.25, -0.2) is 5.01 Å². The van der Waals surface area contributed by atoms with Crippen LogP contribution in [-0.4, -0.2) is 46.4 Å². The zero-order chi connectivity index (χ0) is 15.9. The number of rotatable bonds is 3. The van der Waals surface area contributed by atoms with E-state index in [0.29, 0.717) is 30.2 Å². The minimum Gasteiger partial charge on any atom is -0.299 e. The van der Waals surface area contributed by atoms with E-state index in [1.165, 1.54) is 4.57 Å². The molecular formula is C14H17ClN4O2S. The molecule has 0 amide bonds. The fourth-order valence-electron chi connectivity index (χ4n) is 2.81. The summed E-state index contributed by atoms with van der Waals surface area (Å²) in [6.07, 6.45) is 0.184. The molecule has 0 bridgehead atoms. The molecule has 0 saturated carbocycles. The van der Waals surface area contributed by atoms with Crippen LogP contribution >= 0.6 is 22.9 Å². The Hall–Kier alpha value is -1.25. The van der Waals surface area contributed by atoms with Crippen LogP contribution in [0.2, 0.25) is 5.02 Å². The Labute approximate surface area is 136 Å². The highest BCUT2D eigenvalue weighted by Gasteiger charge is 2.29. The van der Waals surface area contributed by atoms with E-state index in [2.05, 4.69) is 0 Å². The molecule has 1 aliphatic rings. The molecule has 1 aromatic heterocycles. The standard InChI is InChI=1S/C14H17ClN4O2S/c1-9-7-17(4-5-18(9)16)13(8-20)19-11-6-10(15)2-3-12(11)22-14(19)21/h2-3,6,8-9,13H,4-5,7,16H2,1H3. The van der Waals surface area contributed by atoms with Crippen LogP contribution in [0.3, 0.4) is 0 Å². The molecule has 2 heterocycles. The monoisotopic (exact) mass is 340 g/mol.